The third-order valence-corrected chi connectivity index (χ3v) is 7.18. The first kappa shape index (κ1) is 27.8. The molecule has 2 amide bonds. The smallest absolute Gasteiger partial charge is 0.242 e. The minimum Gasteiger partial charge on any atom is -0.497 e. The maximum absolute atomic E-state index is 13.1. The molecular formula is C23H29Cl2N3O5S. The number of hydrogen-bond donors (Lipinski definition) is 1. The molecule has 0 spiro atoms. The van der Waals surface area contributed by atoms with E-state index in [9.17, 15) is 18.0 Å². The number of nitrogens with zero attached hydrogens (tertiary/aromatic N) is 2. The van der Waals surface area contributed by atoms with Crippen LogP contribution in [-0.2, 0) is 26.2 Å². The third kappa shape index (κ3) is 7.51. The van der Waals surface area contributed by atoms with E-state index < -0.39 is 16.1 Å². The van der Waals surface area contributed by atoms with E-state index in [-0.39, 0.29) is 37.7 Å². The van der Waals surface area contributed by atoms with Crippen molar-refractivity contribution >= 4 is 50.7 Å². The Hall–Kier alpha value is -2.49. The van der Waals surface area contributed by atoms with Crippen LogP contribution in [0.1, 0.15) is 25.3 Å². The Morgan fingerprint density at radius 1 is 1.12 bits per heavy atom. The number of carbonyl (C=O) groups excluding carboxylic acids is 2. The molecule has 8 nitrogen and oxygen atoms in total. The number of halogens is 2. The van der Waals surface area contributed by atoms with Gasteiger partial charge < -0.3 is 15.0 Å². The van der Waals surface area contributed by atoms with Crippen molar-refractivity contribution in [1.82, 2.24) is 10.2 Å². The van der Waals surface area contributed by atoms with Gasteiger partial charge in [-0.2, -0.15) is 0 Å². The van der Waals surface area contributed by atoms with Crippen molar-refractivity contribution in [1.29, 1.82) is 0 Å². The van der Waals surface area contributed by atoms with Crippen LogP contribution < -0.4 is 14.4 Å². The molecule has 2 aromatic carbocycles. The zero-order valence-electron chi connectivity index (χ0n) is 19.5. The van der Waals surface area contributed by atoms with Gasteiger partial charge in [0.2, 0.25) is 21.8 Å². The van der Waals surface area contributed by atoms with Crippen LogP contribution in [0.25, 0.3) is 0 Å². The summed E-state index contributed by atoms with van der Waals surface area (Å²) in [5.41, 5.74) is 1.16. The van der Waals surface area contributed by atoms with Crippen LogP contribution in [0.5, 0.6) is 5.75 Å². The Balaban J connectivity index is 2.17. The zero-order valence-corrected chi connectivity index (χ0v) is 21.9. The summed E-state index contributed by atoms with van der Waals surface area (Å²) in [5.74, 6) is -0.0850. The van der Waals surface area contributed by atoms with Gasteiger partial charge in [0.25, 0.3) is 0 Å². The average Bonchev–Trinajstić information content (AvgIpc) is 2.80. The molecular weight excluding hydrogens is 501 g/mol. The molecule has 0 radical (unpaired) electrons. The maximum atomic E-state index is 13.1. The fourth-order valence-electron chi connectivity index (χ4n) is 3.40. The lowest BCUT2D eigenvalue weighted by molar-refractivity contribution is -0.140. The van der Waals surface area contributed by atoms with Crippen molar-refractivity contribution in [3.05, 3.63) is 58.1 Å². The Morgan fingerprint density at radius 2 is 1.82 bits per heavy atom. The SMILES string of the molecule is CNC(=O)[C@H](C)N(Cc1ccc(Cl)c(Cl)c1)C(=O)CCCN(c1cccc(OC)c1)S(C)(=O)=O. The molecule has 1 N–H and O–H groups in total. The monoisotopic (exact) mass is 529 g/mol. The van der Waals surface area contributed by atoms with Gasteiger partial charge in [-0.15, -0.1) is 0 Å². The number of methoxy groups -OCH3 is 1. The Kier molecular flexibility index (Phi) is 10.0. The lowest BCUT2D eigenvalue weighted by Crippen LogP contribution is -2.46. The standard InChI is InChI=1S/C23H29Cl2N3O5S/c1-16(23(30)26-2)27(15-17-10-11-20(24)21(25)13-17)22(29)9-6-12-28(34(4,31)32)18-7-5-8-19(14-18)33-3/h5,7-8,10-11,13-14,16H,6,9,12,15H2,1-4H3,(H,26,30)/t16-/m0/s1. The molecule has 0 saturated carbocycles. The van der Waals surface area contributed by atoms with E-state index in [4.69, 9.17) is 27.9 Å². The van der Waals surface area contributed by atoms with Gasteiger partial charge >= 0.3 is 0 Å². The molecule has 0 fully saturated rings. The largest absolute Gasteiger partial charge is 0.497 e. The predicted octanol–water partition coefficient (Wildman–Crippen LogP) is 3.71. The number of nitrogens with one attached hydrogen (secondary N) is 1. The average molecular weight is 530 g/mol. The fraction of sp³-hybridized carbons (Fsp3) is 0.391. The summed E-state index contributed by atoms with van der Waals surface area (Å²) in [4.78, 5) is 26.8. The van der Waals surface area contributed by atoms with Crippen LogP contribution in [0, 0.1) is 0 Å². The van der Waals surface area contributed by atoms with Crippen LogP contribution in [0.2, 0.25) is 10.0 Å². The normalized spacial score (nSPS) is 12.1. The first-order valence-electron chi connectivity index (χ1n) is 10.5. The topological polar surface area (TPSA) is 96.0 Å². The van der Waals surface area contributed by atoms with Crippen LogP contribution in [0.3, 0.4) is 0 Å². The van der Waals surface area contributed by atoms with Crippen molar-refractivity contribution < 1.29 is 22.7 Å². The summed E-state index contributed by atoms with van der Waals surface area (Å²) >= 11 is 12.1. The van der Waals surface area contributed by atoms with Gasteiger partial charge in [0.15, 0.2) is 0 Å². The van der Waals surface area contributed by atoms with Gasteiger partial charge in [0, 0.05) is 32.6 Å². The van der Waals surface area contributed by atoms with Crippen LogP contribution in [0.4, 0.5) is 5.69 Å². The number of amides is 2. The van der Waals surface area contributed by atoms with Gasteiger partial charge in [-0.05, 0) is 43.2 Å². The second kappa shape index (κ2) is 12.3. The maximum Gasteiger partial charge on any atom is 0.242 e. The van der Waals surface area contributed by atoms with Gasteiger partial charge in [-0.3, -0.25) is 13.9 Å². The van der Waals surface area contributed by atoms with Crippen molar-refractivity contribution in [2.24, 2.45) is 0 Å². The summed E-state index contributed by atoms with van der Waals surface area (Å²) in [6, 6.07) is 11.0. The second-order valence-electron chi connectivity index (χ2n) is 7.70. The molecule has 2 aromatic rings. The second-order valence-corrected chi connectivity index (χ2v) is 10.4. The number of ether oxygens (including phenoxy) is 1. The highest BCUT2D eigenvalue weighted by Gasteiger charge is 2.26. The van der Waals surface area contributed by atoms with Gasteiger partial charge in [0.1, 0.15) is 11.8 Å². The molecule has 0 saturated heterocycles. The van der Waals surface area contributed by atoms with Gasteiger partial charge in [0.05, 0.1) is 29.1 Å². The first-order chi connectivity index (χ1) is 16.0. The molecule has 0 aromatic heterocycles. The molecule has 0 unspecified atom stereocenters. The zero-order chi connectivity index (χ0) is 25.5. The minimum absolute atomic E-state index is 0.0403. The van der Waals surface area contributed by atoms with Gasteiger partial charge in [-0.25, -0.2) is 8.42 Å². The van der Waals surface area contributed by atoms with Crippen molar-refractivity contribution in [2.45, 2.75) is 32.4 Å². The molecule has 0 aliphatic heterocycles. The van der Waals surface area contributed by atoms with E-state index >= 15 is 0 Å². The van der Waals surface area contributed by atoms with Crippen LogP contribution >= 0.6 is 23.2 Å². The molecule has 0 aliphatic carbocycles. The summed E-state index contributed by atoms with van der Waals surface area (Å²) < 4.78 is 31.2. The number of sulfonamides is 1. The predicted molar refractivity (Wildman–Crippen MR) is 135 cm³/mol. The molecule has 0 bridgehead atoms. The molecule has 0 aliphatic rings. The van der Waals surface area contributed by atoms with E-state index in [0.29, 0.717) is 27.0 Å². The summed E-state index contributed by atoms with van der Waals surface area (Å²) in [5, 5.41) is 3.29. The van der Waals surface area contributed by atoms with Crippen LogP contribution in [0.15, 0.2) is 42.5 Å². The molecule has 0 heterocycles. The Bertz CT molecular complexity index is 1130. The number of benzene rings is 2. The van der Waals surface area contributed by atoms with Gasteiger partial charge in [-0.1, -0.05) is 35.3 Å². The first-order valence-corrected chi connectivity index (χ1v) is 13.1. The van der Waals surface area contributed by atoms with E-state index in [1.54, 1.807) is 49.4 Å². The van der Waals surface area contributed by atoms with Crippen molar-refractivity contribution in [3.63, 3.8) is 0 Å². The molecule has 1 atom stereocenters. The summed E-state index contributed by atoms with van der Waals surface area (Å²) in [6.45, 7) is 1.87. The Labute approximate surface area is 210 Å². The molecule has 34 heavy (non-hydrogen) atoms. The number of likely N-dealkylation sites (N-methyl/N-ethyl adjacent to an activating group) is 1. The molecule has 186 valence electrons. The number of hydrogen-bond acceptors (Lipinski definition) is 5. The lowest BCUT2D eigenvalue weighted by atomic mass is 10.1. The highest BCUT2D eigenvalue weighted by molar-refractivity contribution is 7.92. The van der Waals surface area contributed by atoms with E-state index in [0.717, 1.165) is 6.26 Å². The summed E-state index contributed by atoms with van der Waals surface area (Å²) in [6.07, 6.45) is 1.40. The fourth-order valence-corrected chi connectivity index (χ4v) is 4.67. The number of carbonyl (C=O) groups is 2. The minimum atomic E-state index is -3.59. The Morgan fingerprint density at radius 3 is 2.41 bits per heavy atom. The highest BCUT2D eigenvalue weighted by Crippen LogP contribution is 2.25. The van der Waals surface area contributed by atoms with Crippen molar-refractivity contribution in [2.75, 3.05) is 31.3 Å². The van der Waals surface area contributed by atoms with E-state index in [1.807, 2.05) is 0 Å². The third-order valence-electron chi connectivity index (χ3n) is 5.24. The van der Waals surface area contributed by atoms with Crippen LogP contribution in [-0.4, -0.2) is 58.1 Å². The van der Waals surface area contributed by atoms with Crippen molar-refractivity contribution in [3.8, 4) is 5.75 Å². The summed E-state index contributed by atoms with van der Waals surface area (Å²) in [7, 11) is -0.593. The van der Waals surface area contributed by atoms with E-state index in [1.165, 1.54) is 23.4 Å². The highest BCUT2D eigenvalue weighted by atomic mass is 35.5. The lowest BCUT2D eigenvalue weighted by Gasteiger charge is -2.29. The quantitative estimate of drug-likeness (QED) is 0.478. The number of anilines is 1. The molecule has 2 rings (SSSR count). The number of rotatable bonds is 11. The van der Waals surface area contributed by atoms with E-state index in [2.05, 4.69) is 5.32 Å². The molecule has 11 heteroatoms.